The Balaban J connectivity index is 1.57. The van der Waals surface area contributed by atoms with Gasteiger partial charge in [0.25, 0.3) is 0 Å². The summed E-state index contributed by atoms with van der Waals surface area (Å²) in [6.45, 7) is 0. The molecule has 0 fully saturated rings. The average molecular weight is 728 g/mol. The molecule has 0 amide bonds. The van der Waals surface area contributed by atoms with E-state index in [4.69, 9.17) is 32.0 Å². The number of rotatable bonds is 12. The first-order chi connectivity index (χ1) is 24.5. The Morgan fingerprint density at radius 1 is 0.500 bits per heavy atom. The van der Waals surface area contributed by atoms with E-state index >= 15 is 0 Å². The minimum absolute atomic E-state index is 0.0142. The van der Waals surface area contributed by atoms with Gasteiger partial charge in [-0.25, -0.2) is 0 Å². The molecule has 1 aliphatic heterocycles. The van der Waals surface area contributed by atoms with Crippen LogP contribution < -0.4 is 32.3 Å². The van der Waals surface area contributed by atoms with E-state index in [1.807, 2.05) is 48.5 Å². The summed E-state index contributed by atoms with van der Waals surface area (Å²) in [5, 5.41) is 22.3. The number of phenols is 2. The molecule has 0 spiro atoms. The van der Waals surface area contributed by atoms with Gasteiger partial charge in [-0.15, -0.1) is 0 Å². The van der Waals surface area contributed by atoms with Crippen molar-refractivity contribution in [3.8, 4) is 46.0 Å². The van der Waals surface area contributed by atoms with Gasteiger partial charge < -0.3 is 0 Å². The maximum atomic E-state index is 11.2. The average Bonchev–Trinajstić information content (AvgIpc) is 3.14. The van der Waals surface area contributed by atoms with Crippen LogP contribution in [0.3, 0.4) is 0 Å². The Morgan fingerprint density at radius 3 is 1.36 bits per heavy atom. The van der Waals surface area contributed by atoms with Crippen molar-refractivity contribution < 1.29 is 37.7 Å². The SMILES string of the molecule is Oc1ccccc1ON1P(Oc2ccccc2)(Oc2ccccc2)=NPNP1(Oc1ccccc1)(Oc1ccccc1)Oc1ccccc1O. The number of nitrogens with zero attached hydrogens (tertiary/aromatic N) is 2. The second-order valence-electron chi connectivity index (χ2n) is 10.6. The van der Waals surface area contributed by atoms with Gasteiger partial charge in [0.2, 0.25) is 0 Å². The Morgan fingerprint density at radius 2 is 0.900 bits per heavy atom. The van der Waals surface area contributed by atoms with Crippen LogP contribution in [0.2, 0.25) is 0 Å². The second-order valence-corrected chi connectivity index (χ2v) is 17.2. The van der Waals surface area contributed by atoms with Gasteiger partial charge in [-0.2, -0.15) is 0 Å². The summed E-state index contributed by atoms with van der Waals surface area (Å²) in [6.07, 6.45) is 0. The van der Waals surface area contributed by atoms with Crippen LogP contribution in [0.1, 0.15) is 0 Å². The van der Waals surface area contributed by atoms with Crippen LogP contribution in [0, 0.1) is 0 Å². The van der Waals surface area contributed by atoms with Crippen LogP contribution in [0.15, 0.2) is 174 Å². The molecular weight excluding hydrogens is 695 g/mol. The third-order valence-electron chi connectivity index (χ3n) is 7.05. The fourth-order valence-corrected chi connectivity index (χ4v) is 14.2. The van der Waals surface area contributed by atoms with Crippen molar-refractivity contribution in [2.75, 3.05) is 0 Å². The van der Waals surface area contributed by atoms with Gasteiger partial charge >= 0.3 is 292 Å². The molecule has 1 atom stereocenters. The third-order valence-corrected chi connectivity index (χ3v) is 15.6. The summed E-state index contributed by atoms with van der Waals surface area (Å²) in [5.74, 6) is 0.926. The molecule has 3 N–H and O–H groups in total. The predicted octanol–water partition coefficient (Wildman–Crippen LogP) is 10.3. The number of nitrogens with one attached hydrogen (secondary N) is 1. The van der Waals surface area contributed by atoms with Gasteiger partial charge in [-0.1, -0.05) is 0 Å². The van der Waals surface area contributed by atoms with Crippen LogP contribution in [0.5, 0.6) is 46.0 Å². The van der Waals surface area contributed by atoms with Gasteiger partial charge in [0.15, 0.2) is 0 Å². The van der Waals surface area contributed by atoms with Gasteiger partial charge in [-0.05, 0) is 0 Å². The number of para-hydroxylation sites is 8. The number of benzene rings is 6. The molecule has 0 aliphatic carbocycles. The number of hydrogen-bond acceptors (Lipinski definition) is 11. The quantitative estimate of drug-likeness (QED) is 0.105. The van der Waals surface area contributed by atoms with Gasteiger partial charge in [0.1, 0.15) is 0 Å². The van der Waals surface area contributed by atoms with Crippen molar-refractivity contribution in [1.29, 1.82) is 0 Å². The molecule has 50 heavy (non-hydrogen) atoms. The van der Waals surface area contributed by atoms with Crippen molar-refractivity contribution >= 4 is 24.1 Å². The molecule has 14 heteroatoms. The van der Waals surface area contributed by atoms with Gasteiger partial charge in [0.05, 0.1) is 0 Å². The Hall–Kier alpha value is -5.27. The van der Waals surface area contributed by atoms with Crippen molar-refractivity contribution in [2.24, 2.45) is 4.52 Å². The molecule has 254 valence electrons. The molecule has 0 saturated heterocycles. The van der Waals surface area contributed by atoms with Crippen LogP contribution in [-0.4, -0.2) is 14.8 Å². The van der Waals surface area contributed by atoms with Gasteiger partial charge in [0, 0.05) is 0 Å². The normalized spacial score (nSPS) is 17.2. The van der Waals surface area contributed by atoms with E-state index in [9.17, 15) is 10.2 Å². The minimum atomic E-state index is -5.50. The molecule has 0 bridgehead atoms. The number of hydrogen-bond donors (Lipinski definition) is 3. The van der Waals surface area contributed by atoms with E-state index < -0.39 is 24.1 Å². The first-order valence-electron chi connectivity index (χ1n) is 15.4. The molecule has 0 radical (unpaired) electrons. The van der Waals surface area contributed by atoms with Crippen LogP contribution in [0.4, 0.5) is 0 Å². The fourth-order valence-electron chi connectivity index (χ4n) is 4.83. The van der Waals surface area contributed by atoms with Crippen molar-refractivity contribution in [1.82, 2.24) is 9.46 Å². The monoisotopic (exact) mass is 727 g/mol. The van der Waals surface area contributed by atoms with Crippen molar-refractivity contribution in [3.63, 3.8) is 0 Å². The zero-order valence-corrected chi connectivity index (χ0v) is 29.1. The van der Waals surface area contributed by atoms with Crippen LogP contribution in [-0.2, 0) is 0 Å². The molecule has 1 aliphatic rings. The Bertz CT molecular complexity index is 2010. The van der Waals surface area contributed by atoms with Crippen molar-refractivity contribution in [3.05, 3.63) is 170 Å². The second kappa shape index (κ2) is 14.3. The summed E-state index contributed by atoms with van der Waals surface area (Å²) in [4.78, 5) is 10.1. The van der Waals surface area contributed by atoms with Crippen LogP contribution in [0.25, 0.3) is 0 Å². The molecule has 6 aromatic carbocycles. The zero-order chi connectivity index (χ0) is 34.3. The zero-order valence-electron chi connectivity index (χ0n) is 26.3. The molecule has 11 nitrogen and oxygen atoms in total. The molecule has 6 aromatic rings. The summed E-state index contributed by atoms with van der Waals surface area (Å²) in [7, 11) is -10.1. The van der Waals surface area contributed by atoms with E-state index in [0.717, 1.165) is 0 Å². The molecule has 0 aromatic heterocycles. The van der Waals surface area contributed by atoms with E-state index in [1.165, 1.54) is 16.7 Å². The molecule has 1 heterocycles. The maximum absolute atomic E-state index is 11.2. The molecule has 1 unspecified atom stereocenters. The summed E-state index contributed by atoms with van der Waals surface area (Å²) in [5.41, 5.74) is 0. The first-order valence-corrected chi connectivity index (χ1v) is 19.8. The van der Waals surface area contributed by atoms with E-state index in [1.54, 1.807) is 109 Å². The predicted molar refractivity (Wildman–Crippen MR) is 195 cm³/mol. The summed E-state index contributed by atoms with van der Waals surface area (Å²) < 4.78 is 40.9. The molecule has 0 saturated carbocycles. The summed E-state index contributed by atoms with van der Waals surface area (Å²) in [6, 6.07) is 48.5. The van der Waals surface area contributed by atoms with E-state index in [0.29, 0.717) is 23.0 Å². The summed E-state index contributed by atoms with van der Waals surface area (Å²) >= 11 is 0. The number of phenolic OH excluding ortho intramolecular Hbond substituents is 2. The van der Waals surface area contributed by atoms with Crippen LogP contribution >= 0.6 is 24.1 Å². The Labute approximate surface area is 291 Å². The topological polar surface area (TPSA) is 123 Å². The standard InChI is InChI=1S/C36H32N3O8P3/c40-33-25-13-15-27-35(33)42-39-49(43-29-17-5-1-6-18-29,44-30-19-7-2-8-20-30)37-48-38-50(39,45-31-21-9-3-10-22-31,46-32-23-11-4-12-24-32)47-36-28-16-14-26-34(36)41/h1-28,38,40-41,48H. The van der Waals surface area contributed by atoms with Gasteiger partial charge in [-0.3, -0.25) is 0 Å². The van der Waals surface area contributed by atoms with E-state index in [-0.39, 0.29) is 23.0 Å². The molecular formula is C36H32N3O8P3. The van der Waals surface area contributed by atoms with Crippen molar-refractivity contribution in [2.45, 2.75) is 0 Å². The molecule has 7 rings (SSSR count). The Kier molecular flexibility index (Phi) is 9.50. The van der Waals surface area contributed by atoms with E-state index in [2.05, 4.69) is 4.86 Å². The first kappa shape index (κ1) is 33.2. The third kappa shape index (κ3) is 6.92. The number of aromatic hydroxyl groups is 2. The fraction of sp³-hybridized carbons (Fsp3) is 0.